The van der Waals surface area contributed by atoms with Gasteiger partial charge in [-0.2, -0.15) is 5.10 Å². The highest BCUT2D eigenvalue weighted by atomic mass is 16.2. The van der Waals surface area contributed by atoms with E-state index in [1.54, 1.807) is 0 Å². The van der Waals surface area contributed by atoms with Crippen LogP contribution in [0.1, 0.15) is 55.0 Å². The highest BCUT2D eigenvalue weighted by molar-refractivity contribution is 6.14. The summed E-state index contributed by atoms with van der Waals surface area (Å²) in [4.78, 5) is 17.1. The molecule has 2 heterocycles. The number of hydrogen-bond donors (Lipinski definition) is 2. The Hall–Kier alpha value is -2.86. The number of hydrazone groups is 1. The van der Waals surface area contributed by atoms with Crippen molar-refractivity contribution in [1.29, 1.82) is 0 Å². The molecule has 1 saturated carbocycles. The third-order valence-corrected chi connectivity index (χ3v) is 6.76. The SMILES string of the molecule is O=C(NC1CCCCC1)N1CCN(C2NN=C(c3ccccc3)c3ccccc32)CC1. The molecule has 2 aromatic carbocycles. The Morgan fingerprint density at radius 3 is 2.39 bits per heavy atom. The van der Waals surface area contributed by atoms with Gasteiger partial charge in [-0.15, -0.1) is 0 Å². The molecule has 0 bridgehead atoms. The van der Waals surface area contributed by atoms with Crippen LogP contribution in [0.5, 0.6) is 0 Å². The molecule has 2 aliphatic heterocycles. The topological polar surface area (TPSA) is 60.0 Å². The molecule has 6 heteroatoms. The Bertz CT molecular complexity index is 930. The Balaban J connectivity index is 1.25. The summed E-state index contributed by atoms with van der Waals surface area (Å²) in [6.07, 6.45) is 6.04. The number of rotatable bonds is 3. The summed E-state index contributed by atoms with van der Waals surface area (Å²) in [5.74, 6) is 0. The van der Waals surface area contributed by atoms with Crippen LogP contribution >= 0.6 is 0 Å². The minimum absolute atomic E-state index is 0.0345. The van der Waals surface area contributed by atoms with Gasteiger partial charge in [0.2, 0.25) is 0 Å². The number of amides is 2. The second-order valence-corrected chi connectivity index (χ2v) is 8.75. The van der Waals surface area contributed by atoms with Crippen LogP contribution in [0.25, 0.3) is 0 Å². The van der Waals surface area contributed by atoms with E-state index in [0.717, 1.165) is 50.3 Å². The molecular weight excluding hydrogens is 386 g/mol. The van der Waals surface area contributed by atoms with Gasteiger partial charge in [0.15, 0.2) is 0 Å². The van der Waals surface area contributed by atoms with E-state index in [2.05, 4.69) is 52.0 Å². The maximum Gasteiger partial charge on any atom is 0.317 e. The Kier molecular flexibility index (Phi) is 5.89. The molecule has 1 atom stereocenters. The van der Waals surface area contributed by atoms with Crippen LogP contribution in [0.3, 0.4) is 0 Å². The second-order valence-electron chi connectivity index (χ2n) is 8.75. The third-order valence-electron chi connectivity index (χ3n) is 6.76. The molecule has 1 saturated heterocycles. The maximum atomic E-state index is 12.7. The first-order valence-electron chi connectivity index (χ1n) is 11.6. The fourth-order valence-corrected chi connectivity index (χ4v) is 5.00. The van der Waals surface area contributed by atoms with Crippen molar-refractivity contribution in [2.75, 3.05) is 26.2 Å². The van der Waals surface area contributed by atoms with E-state index in [1.807, 2.05) is 23.1 Å². The van der Waals surface area contributed by atoms with Gasteiger partial charge < -0.3 is 10.2 Å². The molecule has 2 aromatic rings. The van der Waals surface area contributed by atoms with Crippen LogP contribution in [0.15, 0.2) is 59.7 Å². The van der Waals surface area contributed by atoms with Gasteiger partial charge in [-0.05, 0) is 18.4 Å². The number of hydrogen-bond acceptors (Lipinski definition) is 4. The molecule has 5 rings (SSSR count). The molecule has 0 radical (unpaired) electrons. The molecule has 0 spiro atoms. The summed E-state index contributed by atoms with van der Waals surface area (Å²) >= 11 is 0. The van der Waals surface area contributed by atoms with Gasteiger partial charge in [-0.1, -0.05) is 73.9 Å². The van der Waals surface area contributed by atoms with Crippen molar-refractivity contribution in [2.24, 2.45) is 5.10 Å². The van der Waals surface area contributed by atoms with E-state index in [0.29, 0.717) is 6.04 Å². The van der Waals surface area contributed by atoms with E-state index >= 15 is 0 Å². The molecular formula is C25H31N5O. The van der Waals surface area contributed by atoms with Crippen LogP contribution in [-0.4, -0.2) is 53.8 Å². The predicted molar refractivity (Wildman–Crippen MR) is 123 cm³/mol. The largest absolute Gasteiger partial charge is 0.335 e. The number of urea groups is 1. The van der Waals surface area contributed by atoms with Crippen molar-refractivity contribution in [3.63, 3.8) is 0 Å². The number of fused-ring (bicyclic) bond motifs is 1. The molecule has 2 amide bonds. The molecule has 3 aliphatic rings. The number of benzene rings is 2. The van der Waals surface area contributed by atoms with Crippen LogP contribution in [0.2, 0.25) is 0 Å². The Morgan fingerprint density at radius 1 is 0.903 bits per heavy atom. The smallest absolute Gasteiger partial charge is 0.317 e. The zero-order chi connectivity index (χ0) is 21.0. The highest BCUT2D eigenvalue weighted by Crippen LogP contribution is 2.29. The third kappa shape index (κ3) is 4.30. The summed E-state index contributed by atoms with van der Waals surface area (Å²) in [5.41, 5.74) is 7.92. The summed E-state index contributed by atoms with van der Waals surface area (Å²) in [6, 6.07) is 19.3. The first kappa shape index (κ1) is 20.1. The lowest BCUT2D eigenvalue weighted by Crippen LogP contribution is -2.55. The Labute approximate surface area is 184 Å². The molecule has 31 heavy (non-hydrogen) atoms. The molecule has 6 nitrogen and oxygen atoms in total. The fourth-order valence-electron chi connectivity index (χ4n) is 5.00. The second kappa shape index (κ2) is 9.10. The van der Waals surface area contributed by atoms with Crippen molar-refractivity contribution in [3.8, 4) is 0 Å². The molecule has 1 unspecified atom stereocenters. The van der Waals surface area contributed by atoms with Crippen molar-refractivity contribution in [3.05, 3.63) is 71.3 Å². The zero-order valence-corrected chi connectivity index (χ0v) is 18.0. The molecule has 0 aromatic heterocycles. The van der Waals surface area contributed by atoms with E-state index in [4.69, 9.17) is 5.10 Å². The van der Waals surface area contributed by atoms with Crippen LogP contribution in [0, 0.1) is 0 Å². The quantitative estimate of drug-likeness (QED) is 0.801. The Morgan fingerprint density at radius 2 is 1.61 bits per heavy atom. The normalized spacial score (nSPS) is 22.3. The predicted octanol–water partition coefficient (Wildman–Crippen LogP) is 3.70. The maximum absolute atomic E-state index is 12.7. The fraction of sp³-hybridized carbons (Fsp3) is 0.440. The summed E-state index contributed by atoms with van der Waals surface area (Å²) in [7, 11) is 0. The standard InChI is InChI=1S/C25H31N5O/c31-25(26-20-11-5-2-6-12-20)30-17-15-29(16-18-30)24-22-14-8-7-13-21(22)23(27-28-24)19-9-3-1-4-10-19/h1,3-4,7-10,13-14,20,24,28H,2,5-6,11-12,15-18H2,(H,26,31). The lowest BCUT2D eigenvalue weighted by Gasteiger charge is -2.41. The number of nitrogens with zero attached hydrogens (tertiary/aromatic N) is 3. The van der Waals surface area contributed by atoms with E-state index in [1.165, 1.54) is 30.4 Å². The average Bonchev–Trinajstić information content (AvgIpc) is 2.85. The van der Waals surface area contributed by atoms with E-state index in [9.17, 15) is 4.79 Å². The number of piperazine rings is 1. The van der Waals surface area contributed by atoms with Gasteiger partial charge in [0.25, 0.3) is 0 Å². The van der Waals surface area contributed by atoms with Gasteiger partial charge in [-0.3, -0.25) is 10.3 Å². The first-order chi connectivity index (χ1) is 15.3. The average molecular weight is 418 g/mol. The van der Waals surface area contributed by atoms with Crippen LogP contribution in [0.4, 0.5) is 4.79 Å². The van der Waals surface area contributed by atoms with Gasteiger partial charge in [0.1, 0.15) is 6.17 Å². The van der Waals surface area contributed by atoms with Crippen LogP contribution < -0.4 is 10.7 Å². The molecule has 2 fully saturated rings. The molecule has 162 valence electrons. The van der Waals surface area contributed by atoms with Gasteiger partial charge in [0.05, 0.1) is 5.71 Å². The zero-order valence-electron chi connectivity index (χ0n) is 18.0. The van der Waals surface area contributed by atoms with Crippen molar-refractivity contribution in [2.45, 2.75) is 44.3 Å². The summed E-state index contributed by atoms with van der Waals surface area (Å²) in [6.45, 7) is 3.16. The first-order valence-corrected chi connectivity index (χ1v) is 11.6. The van der Waals surface area contributed by atoms with Gasteiger partial charge in [-0.25, -0.2) is 4.79 Å². The lowest BCUT2D eigenvalue weighted by molar-refractivity contribution is 0.0910. The summed E-state index contributed by atoms with van der Waals surface area (Å²) < 4.78 is 0. The van der Waals surface area contributed by atoms with Crippen molar-refractivity contribution < 1.29 is 4.79 Å². The minimum atomic E-state index is 0.0345. The van der Waals surface area contributed by atoms with Gasteiger partial charge in [0, 0.05) is 43.3 Å². The number of carbonyl (C=O) groups is 1. The number of nitrogens with one attached hydrogen (secondary N) is 2. The van der Waals surface area contributed by atoms with Gasteiger partial charge >= 0.3 is 6.03 Å². The monoisotopic (exact) mass is 417 g/mol. The van der Waals surface area contributed by atoms with E-state index in [-0.39, 0.29) is 12.2 Å². The molecule has 2 N–H and O–H groups in total. The van der Waals surface area contributed by atoms with Crippen molar-refractivity contribution >= 4 is 11.7 Å². The minimum Gasteiger partial charge on any atom is -0.335 e. The van der Waals surface area contributed by atoms with E-state index < -0.39 is 0 Å². The summed E-state index contributed by atoms with van der Waals surface area (Å²) in [5, 5.41) is 8.01. The molecule has 1 aliphatic carbocycles. The number of carbonyl (C=O) groups excluding carboxylic acids is 1. The van der Waals surface area contributed by atoms with Crippen LogP contribution in [-0.2, 0) is 0 Å². The highest BCUT2D eigenvalue weighted by Gasteiger charge is 2.31. The lowest BCUT2D eigenvalue weighted by atomic mass is 9.94. The van der Waals surface area contributed by atoms with Crippen molar-refractivity contribution in [1.82, 2.24) is 20.5 Å².